The minimum Gasteiger partial charge on any atom is -0.481 e. The van der Waals surface area contributed by atoms with Crippen LogP contribution in [-0.2, 0) is 14.4 Å². The topological polar surface area (TPSA) is 95.9 Å². The summed E-state index contributed by atoms with van der Waals surface area (Å²) in [5, 5.41) is 17.9. The van der Waals surface area contributed by atoms with E-state index in [9.17, 15) is 14.7 Å². The Balaban J connectivity index is 3.82. The third kappa shape index (κ3) is 6.03. The first kappa shape index (κ1) is 13.9. The van der Waals surface area contributed by atoms with Crippen LogP contribution in [0.25, 0.3) is 0 Å². The Labute approximate surface area is 88.2 Å². The molecule has 0 bridgehead atoms. The Morgan fingerprint density at radius 2 is 2.07 bits per heavy atom. The zero-order valence-electron chi connectivity index (χ0n) is 8.90. The van der Waals surface area contributed by atoms with Crippen LogP contribution in [0.3, 0.4) is 0 Å². The van der Waals surface area contributed by atoms with Gasteiger partial charge in [0.25, 0.3) is 0 Å². The van der Waals surface area contributed by atoms with Gasteiger partial charge in [0.1, 0.15) is 0 Å². The highest BCUT2D eigenvalue weighted by atomic mass is 16.6. The maximum Gasteiger partial charge on any atom is 0.303 e. The average Bonchev–Trinajstić information content (AvgIpc) is 2.16. The number of amides is 1. The minimum absolute atomic E-state index is 0.00429. The zero-order chi connectivity index (χ0) is 11.8. The third-order valence-corrected chi connectivity index (χ3v) is 2.08. The standard InChI is InChI=1S/C9H17NO5/c1-6(9(14)10-15-2)7(11)4-3-5-8(12)13/h6-7,11H,3-5H2,1-2H3,(H,10,14)(H,12,13). The molecule has 0 aliphatic carbocycles. The van der Waals surface area contributed by atoms with E-state index in [2.05, 4.69) is 10.3 Å². The van der Waals surface area contributed by atoms with Crippen molar-refractivity contribution in [2.75, 3.05) is 7.11 Å². The van der Waals surface area contributed by atoms with Crippen molar-refractivity contribution >= 4 is 11.9 Å². The molecule has 0 spiro atoms. The molecule has 2 unspecified atom stereocenters. The summed E-state index contributed by atoms with van der Waals surface area (Å²) in [7, 11) is 1.31. The SMILES string of the molecule is CONC(=O)C(C)C(O)CCCC(=O)O. The molecule has 0 aliphatic heterocycles. The van der Waals surface area contributed by atoms with Gasteiger partial charge in [-0.2, -0.15) is 0 Å². The van der Waals surface area contributed by atoms with Crippen LogP contribution in [0.1, 0.15) is 26.2 Å². The molecule has 6 heteroatoms. The Bertz CT molecular complexity index is 219. The fourth-order valence-corrected chi connectivity index (χ4v) is 1.08. The molecule has 0 aromatic rings. The molecule has 6 nitrogen and oxygen atoms in total. The number of hydroxylamine groups is 1. The lowest BCUT2D eigenvalue weighted by Crippen LogP contribution is -2.35. The van der Waals surface area contributed by atoms with Gasteiger partial charge in [-0.15, -0.1) is 0 Å². The summed E-state index contributed by atoms with van der Waals surface area (Å²) in [4.78, 5) is 25.8. The Morgan fingerprint density at radius 3 is 2.53 bits per heavy atom. The number of aliphatic hydroxyl groups excluding tert-OH is 1. The predicted octanol–water partition coefficient (Wildman–Crippen LogP) is -0.0841. The fraction of sp³-hybridized carbons (Fsp3) is 0.778. The van der Waals surface area contributed by atoms with Crippen LogP contribution < -0.4 is 5.48 Å². The lowest BCUT2D eigenvalue weighted by Gasteiger charge is -2.16. The highest BCUT2D eigenvalue weighted by Gasteiger charge is 2.21. The van der Waals surface area contributed by atoms with Crippen molar-refractivity contribution in [1.29, 1.82) is 0 Å². The van der Waals surface area contributed by atoms with Crippen molar-refractivity contribution in [3.8, 4) is 0 Å². The summed E-state index contributed by atoms with van der Waals surface area (Å²) in [6.45, 7) is 1.56. The number of hydrogen-bond acceptors (Lipinski definition) is 4. The molecule has 0 saturated carbocycles. The second kappa shape index (κ2) is 7.19. The van der Waals surface area contributed by atoms with Gasteiger partial charge in [0, 0.05) is 6.42 Å². The van der Waals surface area contributed by atoms with Crippen LogP contribution in [0.4, 0.5) is 0 Å². The number of carboxylic acids is 1. The van der Waals surface area contributed by atoms with Crippen LogP contribution >= 0.6 is 0 Å². The summed E-state index contributed by atoms with van der Waals surface area (Å²) in [6.07, 6.45) is -0.221. The summed E-state index contributed by atoms with van der Waals surface area (Å²) in [5.74, 6) is -1.93. The van der Waals surface area contributed by atoms with Gasteiger partial charge < -0.3 is 10.2 Å². The monoisotopic (exact) mass is 219 g/mol. The second-order valence-electron chi connectivity index (χ2n) is 3.31. The molecule has 0 aromatic heterocycles. The van der Waals surface area contributed by atoms with E-state index in [-0.39, 0.29) is 12.8 Å². The van der Waals surface area contributed by atoms with Gasteiger partial charge in [-0.25, -0.2) is 5.48 Å². The number of nitrogens with one attached hydrogen (secondary N) is 1. The molecule has 0 saturated heterocycles. The lowest BCUT2D eigenvalue weighted by atomic mass is 9.99. The van der Waals surface area contributed by atoms with E-state index in [0.29, 0.717) is 6.42 Å². The number of hydrogen-bond donors (Lipinski definition) is 3. The smallest absolute Gasteiger partial charge is 0.303 e. The molecular formula is C9H17NO5. The van der Waals surface area contributed by atoms with E-state index in [1.165, 1.54) is 7.11 Å². The molecule has 1 amide bonds. The first-order chi connectivity index (χ1) is 6.99. The van der Waals surface area contributed by atoms with Gasteiger partial charge in [-0.1, -0.05) is 6.92 Å². The minimum atomic E-state index is -0.906. The number of aliphatic hydroxyl groups is 1. The van der Waals surface area contributed by atoms with Gasteiger partial charge in [0.05, 0.1) is 19.1 Å². The molecule has 0 fully saturated rings. The molecule has 0 rings (SSSR count). The predicted molar refractivity (Wildman–Crippen MR) is 51.8 cm³/mol. The van der Waals surface area contributed by atoms with E-state index in [1.54, 1.807) is 6.92 Å². The number of carboxylic acid groups (broad SMARTS) is 1. The van der Waals surface area contributed by atoms with E-state index in [1.807, 2.05) is 0 Å². The van der Waals surface area contributed by atoms with Crippen molar-refractivity contribution in [3.05, 3.63) is 0 Å². The molecule has 0 aromatic carbocycles. The van der Waals surface area contributed by atoms with Gasteiger partial charge in [-0.05, 0) is 12.8 Å². The van der Waals surface area contributed by atoms with Gasteiger partial charge in [0.2, 0.25) is 5.91 Å². The third-order valence-electron chi connectivity index (χ3n) is 2.08. The Kier molecular flexibility index (Phi) is 6.64. The maximum atomic E-state index is 11.2. The molecule has 0 aliphatic rings. The molecule has 15 heavy (non-hydrogen) atoms. The zero-order valence-corrected chi connectivity index (χ0v) is 8.90. The number of carbonyl (C=O) groups excluding carboxylic acids is 1. The van der Waals surface area contributed by atoms with Crippen molar-refractivity contribution < 1.29 is 24.6 Å². The maximum absolute atomic E-state index is 11.2. The van der Waals surface area contributed by atoms with Crippen LogP contribution in [-0.4, -0.2) is 35.3 Å². The average molecular weight is 219 g/mol. The normalized spacial score (nSPS) is 14.3. The molecule has 88 valence electrons. The van der Waals surface area contributed by atoms with Crippen LogP contribution in [0.2, 0.25) is 0 Å². The molecule has 2 atom stereocenters. The quantitative estimate of drug-likeness (QED) is 0.520. The van der Waals surface area contributed by atoms with Crippen molar-refractivity contribution in [2.24, 2.45) is 5.92 Å². The molecule has 0 radical (unpaired) electrons. The number of rotatable bonds is 7. The van der Waals surface area contributed by atoms with Crippen LogP contribution in [0.15, 0.2) is 0 Å². The summed E-state index contributed by atoms with van der Waals surface area (Å²) in [6, 6.07) is 0. The largest absolute Gasteiger partial charge is 0.481 e. The lowest BCUT2D eigenvalue weighted by molar-refractivity contribution is -0.138. The Hall–Kier alpha value is -1.14. The second-order valence-corrected chi connectivity index (χ2v) is 3.31. The number of carbonyl (C=O) groups is 2. The van der Waals surface area contributed by atoms with Crippen molar-refractivity contribution in [3.63, 3.8) is 0 Å². The highest BCUT2D eigenvalue weighted by Crippen LogP contribution is 2.10. The Morgan fingerprint density at radius 1 is 1.47 bits per heavy atom. The fourth-order valence-electron chi connectivity index (χ4n) is 1.08. The van der Waals surface area contributed by atoms with Gasteiger partial charge in [0.15, 0.2) is 0 Å². The van der Waals surface area contributed by atoms with E-state index in [4.69, 9.17) is 5.11 Å². The van der Waals surface area contributed by atoms with E-state index < -0.39 is 23.9 Å². The molecular weight excluding hydrogens is 202 g/mol. The summed E-state index contributed by atoms with van der Waals surface area (Å²) in [5.41, 5.74) is 2.11. The summed E-state index contributed by atoms with van der Waals surface area (Å²) < 4.78 is 0. The number of aliphatic carboxylic acids is 1. The van der Waals surface area contributed by atoms with Gasteiger partial charge >= 0.3 is 5.97 Å². The highest BCUT2D eigenvalue weighted by molar-refractivity contribution is 5.77. The van der Waals surface area contributed by atoms with Crippen molar-refractivity contribution in [1.82, 2.24) is 5.48 Å². The van der Waals surface area contributed by atoms with Gasteiger partial charge in [-0.3, -0.25) is 14.4 Å². The molecule has 3 N–H and O–H groups in total. The first-order valence-corrected chi connectivity index (χ1v) is 4.71. The van der Waals surface area contributed by atoms with Crippen molar-refractivity contribution in [2.45, 2.75) is 32.3 Å². The van der Waals surface area contributed by atoms with E-state index in [0.717, 1.165) is 0 Å². The first-order valence-electron chi connectivity index (χ1n) is 4.71. The van der Waals surface area contributed by atoms with E-state index >= 15 is 0 Å². The van der Waals surface area contributed by atoms with Crippen LogP contribution in [0.5, 0.6) is 0 Å². The molecule has 0 heterocycles. The summed E-state index contributed by atoms with van der Waals surface area (Å²) >= 11 is 0. The van der Waals surface area contributed by atoms with Crippen LogP contribution in [0, 0.1) is 5.92 Å².